The number of hydrazine groups is 1. The van der Waals surface area contributed by atoms with Crippen LogP contribution in [-0.4, -0.2) is 6.03 Å². The van der Waals surface area contributed by atoms with Gasteiger partial charge in [-0.3, -0.25) is 4.84 Å². The van der Waals surface area contributed by atoms with E-state index in [-0.39, 0.29) is 6.03 Å². The van der Waals surface area contributed by atoms with Crippen LogP contribution >= 0.6 is 0 Å². The lowest BCUT2D eigenvalue weighted by Crippen LogP contribution is -2.40. The van der Waals surface area contributed by atoms with Crippen LogP contribution in [-0.2, 0) is 11.4 Å². The summed E-state index contributed by atoms with van der Waals surface area (Å²) < 4.78 is 0. The van der Waals surface area contributed by atoms with Gasteiger partial charge in [0.25, 0.3) is 0 Å². The molecule has 0 aliphatic rings. The summed E-state index contributed by atoms with van der Waals surface area (Å²) >= 11 is 0. The van der Waals surface area contributed by atoms with E-state index < -0.39 is 0 Å². The molecule has 0 unspecified atom stereocenters. The maximum Gasteiger partial charge on any atom is 0.335 e. The molecule has 0 aromatic heterocycles. The van der Waals surface area contributed by atoms with Gasteiger partial charge in [0, 0.05) is 5.69 Å². The molecule has 2 aromatic carbocycles. The van der Waals surface area contributed by atoms with Gasteiger partial charge in [-0.05, 0) is 30.5 Å². The van der Waals surface area contributed by atoms with Crippen molar-refractivity contribution in [2.75, 3.05) is 5.32 Å². The number of carbonyl (C=O) groups excluding carboxylic acids is 1. The topological polar surface area (TPSA) is 62.4 Å². The second-order valence-corrected chi connectivity index (χ2v) is 4.72. The highest BCUT2D eigenvalue weighted by molar-refractivity contribution is 5.90. The molecule has 0 bridgehead atoms. The lowest BCUT2D eigenvalue weighted by Gasteiger charge is -2.12. The van der Waals surface area contributed by atoms with E-state index in [1.54, 1.807) is 0 Å². The molecule has 110 valence electrons. The Bertz CT molecular complexity index is 579. The van der Waals surface area contributed by atoms with Crippen molar-refractivity contribution in [1.82, 2.24) is 11.0 Å². The van der Waals surface area contributed by atoms with Gasteiger partial charge in [0.1, 0.15) is 0 Å². The Hall–Kier alpha value is -2.37. The predicted molar refractivity (Wildman–Crippen MR) is 82.4 cm³/mol. The molecule has 0 spiro atoms. The van der Waals surface area contributed by atoms with E-state index >= 15 is 0 Å². The molecule has 2 aromatic rings. The minimum atomic E-state index is -0.375. The summed E-state index contributed by atoms with van der Waals surface area (Å²) in [5, 5.41) is 2.78. The van der Waals surface area contributed by atoms with Crippen LogP contribution in [0.5, 0.6) is 0 Å². The molecule has 0 heterocycles. The second-order valence-electron chi connectivity index (χ2n) is 4.72. The van der Waals surface area contributed by atoms with Crippen molar-refractivity contribution in [3.8, 4) is 0 Å². The van der Waals surface area contributed by atoms with E-state index in [0.29, 0.717) is 6.61 Å². The van der Waals surface area contributed by atoms with Crippen LogP contribution in [0.1, 0.15) is 16.7 Å². The lowest BCUT2D eigenvalue weighted by molar-refractivity contribution is 0.00803. The number of amides is 2. The van der Waals surface area contributed by atoms with Gasteiger partial charge < -0.3 is 5.32 Å². The van der Waals surface area contributed by atoms with Crippen LogP contribution in [0, 0.1) is 13.8 Å². The van der Waals surface area contributed by atoms with Crippen molar-refractivity contribution >= 4 is 11.7 Å². The van der Waals surface area contributed by atoms with Crippen molar-refractivity contribution in [2.45, 2.75) is 20.5 Å². The normalized spacial score (nSPS) is 10.2. The molecule has 21 heavy (non-hydrogen) atoms. The summed E-state index contributed by atoms with van der Waals surface area (Å²) in [4.78, 5) is 16.9. The van der Waals surface area contributed by atoms with E-state index in [0.717, 1.165) is 22.4 Å². The van der Waals surface area contributed by atoms with Crippen LogP contribution in [0.15, 0.2) is 48.5 Å². The fourth-order valence-corrected chi connectivity index (χ4v) is 1.93. The lowest BCUT2D eigenvalue weighted by atomic mass is 10.1. The number of hydrogen-bond acceptors (Lipinski definition) is 3. The molecule has 0 saturated heterocycles. The van der Waals surface area contributed by atoms with Gasteiger partial charge in [0.05, 0.1) is 6.61 Å². The second kappa shape index (κ2) is 7.42. The molecule has 2 amide bonds. The SMILES string of the molecule is Cc1cccc(C)c1NC(=O)NNOCc1ccccc1. The van der Waals surface area contributed by atoms with E-state index in [4.69, 9.17) is 4.84 Å². The fourth-order valence-electron chi connectivity index (χ4n) is 1.93. The van der Waals surface area contributed by atoms with Gasteiger partial charge in [-0.15, -0.1) is 5.59 Å². The number of carbonyl (C=O) groups is 1. The van der Waals surface area contributed by atoms with E-state index in [9.17, 15) is 4.79 Å². The first kappa shape index (κ1) is 15.0. The summed E-state index contributed by atoms with van der Waals surface area (Å²) in [6.45, 7) is 4.26. The molecule has 0 aliphatic heterocycles. The monoisotopic (exact) mass is 285 g/mol. The van der Waals surface area contributed by atoms with Crippen molar-refractivity contribution in [2.24, 2.45) is 0 Å². The number of nitrogens with one attached hydrogen (secondary N) is 3. The van der Waals surface area contributed by atoms with Gasteiger partial charge in [0.15, 0.2) is 0 Å². The summed E-state index contributed by atoms with van der Waals surface area (Å²) in [6, 6.07) is 15.2. The maximum atomic E-state index is 11.8. The highest BCUT2D eigenvalue weighted by atomic mass is 16.7. The van der Waals surface area contributed by atoms with Gasteiger partial charge in [-0.2, -0.15) is 0 Å². The van der Waals surface area contributed by atoms with Crippen molar-refractivity contribution in [3.63, 3.8) is 0 Å². The average Bonchev–Trinajstić information content (AvgIpc) is 2.49. The zero-order chi connectivity index (χ0) is 15.1. The summed E-state index contributed by atoms with van der Waals surface area (Å²) in [6.07, 6.45) is 0. The van der Waals surface area contributed by atoms with Crippen molar-refractivity contribution in [3.05, 3.63) is 65.2 Å². The van der Waals surface area contributed by atoms with Crippen LogP contribution in [0.25, 0.3) is 0 Å². The molecule has 5 heteroatoms. The third-order valence-electron chi connectivity index (χ3n) is 3.04. The Morgan fingerprint density at radius 2 is 1.67 bits per heavy atom. The Kier molecular flexibility index (Phi) is 5.31. The number of rotatable bonds is 5. The van der Waals surface area contributed by atoms with Gasteiger partial charge in [-0.25, -0.2) is 10.2 Å². The maximum absolute atomic E-state index is 11.8. The van der Waals surface area contributed by atoms with Crippen molar-refractivity contribution in [1.29, 1.82) is 0 Å². The van der Waals surface area contributed by atoms with E-state index in [2.05, 4.69) is 16.3 Å². The zero-order valence-corrected chi connectivity index (χ0v) is 12.1. The van der Waals surface area contributed by atoms with E-state index in [1.165, 1.54) is 0 Å². The summed E-state index contributed by atoms with van der Waals surface area (Å²) in [7, 11) is 0. The molecule has 2 rings (SSSR count). The summed E-state index contributed by atoms with van der Waals surface area (Å²) in [5.74, 6) is 0. The van der Waals surface area contributed by atoms with Crippen LogP contribution < -0.4 is 16.3 Å². The quantitative estimate of drug-likeness (QED) is 0.584. The van der Waals surface area contributed by atoms with Crippen LogP contribution in [0.3, 0.4) is 0 Å². The largest absolute Gasteiger partial charge is 0.335 e. The molecule has 0 aliphatic carbocycles. The average molecular weight is 285 g/mol. The standard InChI is InChI=1S/C16H19N3O2/c1-12-7-6-8-13(2)15(12)17-16(20)18-19-21-11-14-9-4-3-5-10-14/h3-10,19H,11H2,1-2H3,(H2,17,18,20). The number of hydrogen-bond donors (Lipinski definition) is 3. The number of anilines is 1. The summed E-state index contributed by atoms with van der Waals surface area (Å²) in [5.41, 5.74) is 8.70. The first-order valence-corrected chi connectivity index (χ1v) is 6.71. The van der Waals surface area contributed by atoms with Gasteiger partial charge in [0.2, 0.25) is 0 Å². The smallest absolute Gasteiger partial charge is 0.306 e. The van der Waals surface area contributed by atoms with Crippen LogP contribution in [0.2, 0.25) is 0 Å². The molecule has 0 radical (unpaired) electrons. The molecule has 0 fully saturated rings. The first-order chi connectivity index (χ1) is 10.2. The Morgan fingerprint density at radius 1 is 1.00 bits per heavy atom. The predicted octanol–water partition coefficient (Wildman–Crippen LogP) is 3.06. The number of urea groups is 1. The Morgan fingerprint density at radius 3 is 2.33 bits per heavy atom. The molecule has 5 nitrogen and oxygen atoms in total. The third kappa shape index (κ3) is 4.59. The van der Waals surface area contributed by atoms with E-state index in [1.807, 2.05) is 62.4 Å². The number of para-hydroxylation sites is 1. The number of aryl methyl sites for hydroxylation is 2. The zero-order valence-electron chi connectivity index (χ0n) is 12.1. The fraction of sp³-hybridized carbons (Fsp3) is 0.188. The highest BCUT2D eigenvalue weighted by Gasteiger charge is 2.06. The molecule has 0 saturated carbocycles. The molecule has 0 atom stereocenters. The van der Waals surface area contributed by atoms with Crippen molar-refractivity contribution < 1.29 is 9.63 Å². The Labute approximate surface area is 124 Å². The number of benzene rings is 2. The molecular formula is C16H19N3O2. The first-order valence-electron chi connectivity index (χ1n) is 6.71. The minimum Gasteiger partial charge on any atom is -0.306 e. The van der Waals surface area contributed by atoms with Gasteiger partial charge in [-0.1, -0.05) is 48.5 Å². The van der Waals surface area contributed by atoms with Crippen LogP contribution in [0.4, 0.5) is 10.5 Å². The third-order valence-corrected chi connectivity index (χ3v) is 3.04. The Balaban J connectivity index is 1.75. The highest BCUT2D eigenvalue weighted by Crippen LogP contribution is 2.18. The molecule has 3 N–H and O–H groups in total. The minimum absolute atomic E-state index is 0.366. The van der Waals surface area contributed by atoms with Gasteiger partial charge >= 0.3 is 6.03 Å². The molecular weight excluding hydrogens is 266 g/mol.